The summed E-state index contributed by atoms with van der Waals surface area (Å²) in [6, 6.07) is 9.06. The minimum Gasteiger partial charge on any atom is -0.352 e. The van der Waals surface area contributed by atoms with E-state index in [2.05, 4.69) is 45.4 Å². The van der Waals surface area contributed by atoms with Gasteiger partial charge in [0.2, 0.25) is 0 Å². The zero-order chi connectivity index (χ0) is 19.5. The molecule has 2 unspecified atom stereocenters. The molecule has 2 aromatic rings. The van der Waals surface area contributed by atoms with Crippen molar-refractivity contribution in [3.8, 4) is 0 Å². The van der Waals surface area contributed by atoms with E-state index in [1.165, 1.54) is 32.1 Å². The van der Waals surface area contributed by atoms with Crippen LogP contribution < -0.4 is 10.2 Å². The predicted molar refractivity (Wildman–Crippen MR) is 113 cm³/mol. The fraction of sp³-hybridized carbons (Fsp3) is 0.591. The number of rotatable bonds is 5. The van der Waals surface area contributed by atoms with E-state index >= 15 is 0 Å². The van der Waals surface area contributed by atoms with Crippen molar-refractivity contribution in [3.05, 3.63) is 30.0 Å². The van der Waals surface area contributed by atoms with Crippen molar-refractivity contribution < 1.29 is 4.79 Å². The molecule has 0 radical (unpaired) electrons. The number of hydrogen-bond acceptors (Lipinski definition) is 5. The Labute approximate surface area is 167 Å². The summed E-state index contributed by atoms with van der Waals surface area (Å²) >= 11 is 0. The predicted octanol–water partition coefficient (Wildman–Crippen LogP) is 3.22. The lowest BCUT2D eigenvalue weighted by Gasteiger charge is -2.34. The van der Waals surface area contributed by atoms with Crippen molar-refractivity contribution in [3.63, 3.8) is 0 Å². The first-order valence-corrected chi connectivity index (χ1v) is 10.7. The molecule has 1 amide bonds. The summed E-state index contributed by atoms with van der Waals surface area (Å²) in [5.41, 5.74) is 0.434. The molecule has 2 aliphatic heterocycles. The second-order valence-electron chi connectivity index (χ2n) is 8.28. The topological polar surface area (TPSA) is 61.4 Å². The molecule has 6 nitrogen and oxygen atoms in total. The summed E-state index contributed by atoms with van der Waals surface area (Å²) in [6.07, 6.45) is 7.07. The molecule has 0 aliphatic carbocycles. The van der Waals surface area contributed by atoms with Crippen molar-refractivity contribution >= 4 is 22.5 Å². The van der Waals surface area contributed by atoms with Gasteiger partial charge < -0.3 is 15.1 Å². The van der Waals surface area contributed by atoms with E-state index in [1.807, 2.05) is 18.2 Å². The molecular formula is C22H31N5O. The second kappa shape index (κ2) is 8.43. The highest BCUT2D eigenvalue weighted by molar-refractivity contribution is 6.07. The van der Waals surface area contributed by atoms with Crippen molar-refractivity contribution in [2.24, 2.45) is 0 Å². The Morgan fingerprint density at radius 1 is 1.11 bits per heavy atom. The Hall–Kier alpha value is -2.21. The molecule has 28 heavy (non-hydrogen) atoms. The first-order valence-electron chi connectivity index (χ1n) is 10.7. The van der Waals surface area contributed by atoms with Crippen molar-refractivity contribution in [2.45, 2.75) is 57.5 Å². The van der Waals surface area contributed by atoms with Gasteiger partial charge in [0.25, 0.3) is 5.91 Å². The van der Waals surface area contributed by atoms with Crippen molar-refractivity contribution in [1.82, 2.24) is 20.4 Å². The lowest BCUT2D eigenvalue weighted by Crippen LogP contribution is -2.38. The summed E-state index contributed by atoms with van der Waals surface area (Å²) in [5, 5.41) is 13.8. The third kappa shape index (κ3) is 3.83. The maximum Gasteiger partial charge on any atom is 0.272 e. The number of piperidine rings is 1. The highest BCUT2D eigenvalue weighted by Gasteiger charge is 2.24. The van der Waals surface area contributed by atoms with E-state index < -0.39 is 0 Å². The molecule has 1 N–H and O–H groups in total. The number of aromatic nitrogens is 2. The maximum absolute atomic E-state index is 12.8. The number of nitrogens with one attached hydrogen (secondary N) is 1. The lowest BCUT2D eigenvalue weighted by atomic mass is 10.0. The first-order chi connectivity index (χ1) is 13.6. The van der Waals surface area contributed by atoms with Gasteiger partial charge in [0.1, 0.15) is 0 Å². The smallest absolute Gasteiger partial charge is 0.272 e. The monoisotopic (exact) mass is 381 g/mol. The summed E-state index contributed by atoms with van der Waals surface area (Å²) in [6.45, 7) is 5.08. The molecule has 2 atom stereocenters. The molecule has 1 aromatic carbocycles. The van der Waals surface area contributed by atoms with Crippen LogP contribution in [-0.4, -0.2) is 59.8 Å². The average molecular weight is 382 g/mol. The summed E-state index contributed by atoms with van der Waals surface area (Å²) in [4.78, 5) is 17.6. The van der Waals surface area contributed by atoms with Crippen LogP contribution in [0.5, 0.6) is 0 Å². The number of likely N-dealkylation sites (tertiary alicyclic amines) is 1. The van der Waals surface area contributed by atoms with Gasteiger partial charge in [-0.3, -0.25) is 4.79 Å². The highest BCUT2D eigenvalue weighted by atomic mass is 16.1. The molecule has 1 aromatic heterocycles. The van der Waals surface area contributed by atoms with E-state index in [-0.39, 0.29) is 5.91 Å². The molecule has 150 valence electrons. The van der Waals surface area contributed by atoms with E-state index in [4.69, 9.17) is 0 Å². The lowest BCUT2D eigenvalue weighted by molar-refractivity contribution is 0.0946. The van der Waals surface area contributed by atoms with Crippen LogP contribution in [0.2, 0.25) is 0 Å². The Morgan fingerprint density at radius 2 is 1.93 bits per heavy atom. The Kier molecular flexibility index (Phi) is 5.76. The highest BCUT2D eigenvalue weighted by Crippen LogP contribution is 2.30. The number of nitrogens with zero attached hydrogens (tertiary/aromatic N) is 4. The Balaban J connectivity index is 1.53. The molecule has 4 rings (SSSR count). The number of anilines is 1. The van der Waals surface area contributed by atoms with Crippen molar-refractivity contribution in [2.75, 3.05) is 31.6 Å². The van der Waals surface area contributed by atoms with Crippen molar-refractivity contribution in [1.29, 1.82) is 0 Å². The zero-order valence-electron chi connectivity index (χ0n) is 17.0. The van der Waals surface area contributed by atoms with E-state index in [0.717, 1.165) is 36.1 Å². The van der Waals surface area contributed by atoms with Gasteiger partial charge in [0.05, 0.1) is 0 Å². The molecule has 2 fully saturated rings. The molecule has 3 heterocycles. The largest absolute Gasteiger partial charge is 0.352 e. The minimum atomic E-state index is -0.123. The normalized spacial score (nSPS) is 23.3. The number of carbonyl (C=O) groups is 1. The number of carbonyl (C=O) groups excluding carboxylic acids is 1. The molecule has 0 saturated carbocycles. The molecule has 6 heteroatoms. The molecular weight excluding hydrogens is 350 g/mol. The minimum absolute atomic E-state index is 0.123. The van der Waals surface area contributed by atoms with Crippen LogP contribution in [0.15, 0.2) is 24.3 Å². The zero-order valence-corrected chi connectivity index (χ0v) is 17.0. The quantitative estimate of drug-likeness (QED) is 0.862. The Bertz CT molecular complexity index is 839. The summed E-state index contributed by atoms with van der Waals surface area (Å²) in [7, 11) is 2.17. The van der Waals surface area contributed by atoms with Gasteiger partial charge in [-0.15, -0.1) is 10.2 Å². The third-order valence-corrected chi connectivity index (χ3v) is 6.39. The van der Waals surface area contributed by atoms with Gasteiger partial charge in [-0.05, 0) is 59.0 Å². The van der Waals surface area contributed by atoms with Crippen LogP contribution in [0.1, 0.15) is 55.9 Å². The van der Waals surface area contributed by atoms with Gasteiger partial charge in [0.15, 0.2) is 11.5 Å². The number of amides is 1. The van der Waals surface area contributed by atoms with Crippen LogP contribution in [-0.2, 0) is 0 Å². The van der Waals surface area contributed by atoms with E-state index in [9.17, 15) is 4.79 Å². The fourth-order valence-electron chi connectivity index (χ4n) is 4.66. The molecule has 0 spiro atoms. The van der Waals surface area contributed by atoms with Crippen LogP contribution in [0.4, 0.5) is 5.82 Å². The van der Waals surface area contributed by atoms with Crippen LogP contribution in [0.25, 0.3) is 10.8 Å². The average Bonchev–Trinajstić information content (AvgIpc) is 3.12. The van der Waals surface area contributed by atoms with Gasteiger partial charge in [0, 0.05) is 35.9 Å². The van der Waals surface area contributed by atoms with E-state index in [0.29, 0.717) is 24.3 Å². The Morgan fingerprint density at radius 3 is 2.68 bits per heavy atom. The maximum atomic E-state index is 12.8. The van der Waals surface area contributed by atoms with Gasteiger partial charge in [-0.1, -0.05) is 24.3 Å². The molecule has 2 aliphatic rings. The molecule has 2 saturated heterocycles. The summed E-state index contributed by atoms with van der Waals surface area (Å²) < 4.78 is 0. The number of benzene rings is 1. The molecule has 0 bridgehead atoms. The van der Waals surface area contributed by atoms with Crippen LogP contribution in [0.3, 0.4) is 0 Å². The standard InChI is InChI=1S/C22H31N5O/c1-16-8-5-6-15-27(16)21-19-11-4-3-10-18(19)20(24-25-21)22(28)23-13-12-17-9-7-14-26(17)2/h3-4,10-11,16-17H,5-9,12-15H2,1-2H3,(H,23,28). The van der Waals surface area contributed by atoms with E-state index in [1.54, 1.807) is 0 Å². The second-order valence-corrected chi connectivity index (χ2v) is 8.28. The summed E-state index contributed by atoms with van der Waals surface area (Å²) in [5.74, 6) is 0.787. The number of fused-ring (bicyclic) bond motifs is 1. The van der Waals surface area contributed by atoms with Gasteiger partial charge >= 0.3 is 0 Å². The third-order valence-electron chi connectivity index (χ3n) is 6.39. The number of hydrogen-bond donors (Lipinski definition) is 1. The first kappa shape index (κ1) is 19.1. The van der Waals surface area contributed by atoms with Gasteiger partial charge in [-0.25, -0.2) is 0 Å². The van der Waals surface area contributed by atoms with Crippen LogP contribution >= 0.6 is 0 Å². The SMILES string of the molecule is CC1CCCCN1c1nnc(C(=O)NCCC2CCCN2C)c2ccccc12. The van der Waals surface area contributed by atoms with Crippen LogP contribution in [0, 0.1) is 0 Å². The fourth-order valence-corrected chi connectivity index (χ4v) is 4.66. The van der Waals surface area contributed by atoms with Gasteiger partial charge in [-0.2, -0.15) is 0 Å².